The van der Waals surface area contributed by atoms with Gasteiger partial charge in [-0.1, -0.05) is 25.0 Å². The number of hydrogen-bond acceptors (Lipinski definition) is 3. The summed E-state index contributed by atoms with van der Waals surface area (Å²) in [6.45, 7) is 4.26. The Bertz CT molecular complexity index is 442. The molecule has 3 nitrogen and oxygen atoms in total. The van der Waals surface area contributed by atoms with Crippen LogP contribution in [0.1, 0.15) is 50.2 Å². The lowest BCUT2D eigenvalue weighted by molar-refractivity contribution is 0.402. The summed E-state index contributed by atoms with van der Waals surface area (Å²) in [5, 5.41) is 16.1. The Kier molecular flexibility index (Phi) is 6.04. The fourth-order valence-electron chi connectivity index (χ4n) is 2.85. The molecule has 1 saturated heterocycles. The van der Waals surface area contributed by atoms with Crippen LogP contribution in [0.3, 0.4) is 0 Å². The van der Waals surface area contributed by atoms with Gasteiger partial charge in [-0.3, -0.25) is 0 Å². The Labute approximate surface area is 122 Å². The second kappa shape index (κ2) is 8.04. The van der Waals surface area contributed by atoms with E-state index in [-0.39, 0.29) is 0 Å². The number of hydrogen-bond donors (Lipinski definition) is 2. The Balaban J connectivity index is 1.76. The van der Waals surface area contributed by atoms with Crippen LogP contribution in [0.15, 0.2) is 24.3 Å². The average Bonchev–Trinajstić information content (AvgIpc) is 2.74. The second-order valence-electron chi connectivity index (χ2n) is 5.83. The highest BCUT2D eigenvalue weighted by Crippen LogP contribution is 2.13. The van der Waals surface area contributed by atoms with Crippen LogP contribution in [0, 0.1) is 11.3 Å². The van der Waals surface area contributed by atoms with Crippen molar-refractivity contribution >= 4 is 0 Å². The molecule has 1 heterocycles. The van der Waals surface area contributed by atoms with Crippen molar-refractivity contribution in [1.82, 2.24) is 10.6 Å². The minimum Gasteiger partial charge on any atom is -0.314 e. The van der Waals surface area contributed by atoms with Gasteiger partial charge in [-0.15, -0.1) is 0 Å². The standard InChI is InChI=1S/C17H25N3/c1-14(10-17-8-3-2-4-9-19-17)20-13-16-7-5-6-15(11-16)12-18/h5-7,11,14,17,19-20H,2-4,8-10,13H2,1H3. The Morgan fingerprint density at radius 1 is 1.40 bits per heavy atom. The molecule has 2 N–H and O–H groups in total. The van der Waals surface area contributed by atoms with Crippen LogP contribution >= 0.6 is 0 Å². The monoisotopic (exact) mass is 271 g/mol. The van der Waals surface area contributed by atoms with E-state index in [1.165, 1.54) is 44.2 Å². The topological polar surface area (TPSA) is 47.8 Å². The largest absolute Gasteiger partial charge is 0.314 e. The zero-order valence-corrected chi connectivity index (χ0v) is 12.4. The number of nitriles is 1. The Morgan fingerprint density at radius 2 is 2.30 bits per heavy atom. The third-order valence-corrected chi connectivity index (χ3v) is 4.01. The maximum absolute atomic E-state index is 8.90. The zero-order chi connectivity index (χ0) is 14.2. The maximum Gasteiger partial charge on any atom is 0.0991 e. The van der Waals surface area contributed by atoms with Crippen LogP contribution in [-0.4, -0.2) is 18.6 Å². The normalized spacial score (nSPS) is 20.9. The lowest BCUT2D eigenvalue weighted by Gasteiger charge is -2.21. The molecule has 1 aliphatic heterocycles. The molecule has 1 aromatic carbocycles. The second-order valence-corrected chi connectivity index (χ2v) is 5.83. The van der Waals surface area contributed by atoms with Crippen LogP contribution < -0.4 is 10.6 Å². The fraction of sp³-hybridized carbons (Fsp3) is 0.588. The van der Waals surface area contributed by atoms with E-state index in [4.69, 9.17) is 5.26 Å². The van der Waals surface area contributed by atoms with E-state index >= 15 is 0 Å². The number of nitrogens with one attached hydrogen (secondary N) is 2. The summed E-state index contributed by atoms with van der Waals surface area (Å²) in [5.74, 6) is 0. The molecule has 3 heteroatoms. The van der Waals surface area contributed by atoms with Crippen molar-refractivity contribution in [3.63, 3.8) is 0 Å². The number of benzene rings is 1. The third-order valence-electron chi connectivity index (χ3n) is 4.01. The number of rotatable bonds is 5. The highest BCUT2D eigenvalue weighted by atomic mass is 14.9. The van der Waals surface area contributed by atoms with Crippen molar-refractivity contribution in [3.05, 3.63) is 35.4 Å². The highest BCUT2D eigenvalue weighted by molar-refractivity contribution is 5.32. The molecule has 0 amide bonds. The van der Waals surface area contributed by atoms with Gasteiger partial charge < -0.3 is 10.6 Å². The maximum atomic E-state index is 8.90. The lowest BCUT2D eigenvalue weighted by Crippen LogP contribution is -2.36. The number of nitrogens with zero attached hydrogens (tertiary/aromatic N) is 1. The molecule has 2 atom stereocenters. The molecule has 1 aromatic rings. The van der Waals surface area contributed by atoms with Gasteiger partial charge in [0.25, 0.3) is 0 Å². The van der Waals surface area contributed by atoms with E-state index < -0.39 is 0 Å². The minimum absolute atomic E-state index is 0.497. The minimum atomic E-state index is 0.497. The van der Waals surface area contributed by atoms with Gasteiger partial charge in [-0.05, 0) is 50.4 Å². The molecule has 20 heavy (non-hydrogen) atoms. The van der Waals surface area contributed by atoms with Crippen molar-refractivity contribution in [2.75, 3.05) is 6.54 Å². The van der Waals surface area contributed by atoms with Crippen LogP contribution in [0.5, 0.6) is 0 Å². The van der Waals surface area contributed by atoms with Crippen LogP contribution in [0.2, 0.25) is 0 Å². The molecule has 108 valence electrons. The summed E-state index contributed by atoms with van der Waals surface area (Å²) in [6, 6.07) is 11.2. The van der Waals surface area contributed by atoms with E-state index in [2.05, 4.69) is 29.7 Å². The average molecular weight is 271 g/mol. The molecule has 0 spiro atoms. The summed E-state index contributed by atoms with van der Waals surface area (Å²) >= 11 is 0. The first-order valence-electron chi connectivity index (χ1n) is 7.74. The van der Waals surface area contributed by atoms with E-state index in [0.29, 0.717) is 12.1 Å². The molecule has 2 unspecified atom stereocenters. The van der Waals surface area contributed by atoms with Crippen LogP contribution in [0.25, 0.3) is 0 Å². The van der Waals surface area contributed by atoms with Gasteiger partial charge in [0.15, 0.2) is 0 Å². The van der Waals surface area contributed by atoms with Gasteiger partial charge >= 0.3 is 0 Å². The Hall–Kier alpha value is -1.37. The molecule has 1 aliphatic rings. The third kappa shape index (κ3) is 4.96. The van der Waals surface area contributed by atoms with Crippen molar-refractivity contribution in [2.24, 2.45) is 0 Å². The van der Waals surface area contributed by atoms with E-state index in [1.54, 1.807) is 0 Å². The van der Waals surface area contributed by atoms with Gasteiger partial charge in [0.05, 0.1) is 11.6 Å². The fourth-order valence-corrected chi connectivity index (χ4v) is 2.85. The van der Waals surface area contributed by atoms with Gasteiger partial charge in [0.1, 0.15) is 0 Å². The highest BCUT2D eigenvalue weighted by Gasteiger charge is 2.14. The molecule has 0 saturated carbocycles. The molecule has 0 bridgehead atoms. The zero-order valence-electron chi connectivity index (χ0n) is 12.4. The summed E-state index contributed by atoms with van der Waals surface area (Å²) in [5.41, 5.74) is 1.92. The lowest BCUT2D eigenvalue weighted by atomic mass is 10.0. The Morgan fingerprint density at radius 3 is 3.15 bits per heavy atom. The SMILES string of the molecule is CC(CC1CCCCCN1)NCc1cccc(C#N)c1. The van der Waals surface area contributed by atoms with Crippen LogP contribution in [-0.2, 0) is 6.54 Å². The summed E-state index contributed by atoms with van der Waals surface area (Å²) in [6.07, 6.45) is 6.52. The molecule has 2 rings (SSSR count). The molecule has 1 fully saturated rings. The first-order valence-corrected chi connectivity index (χ1v) is 7.74. The molecule has 0 aromatic heterocycles. The van der Waals surface area contributed by atoms with Gasteiger partial charge in [-0.2, -0.15) is 5.26 Å². The van der Waals surface area contributed by atoms with Crippen molar-refractivity contribution < 1.29 is 0 Å². The predicted molar refractivity (Wildman–Crippen MR) is 82.3 cm³/mol. The molecule has 0 aliphatic carbocycles. The van der Waals surface area contributed by atoms with E-state index in [0.717, 1.165) is 12.1 Å². The van der Waals surface area contributed by atoms with Gasteiger partial charge in [-0.25, -0.2) is 0 Å². The quantitative estimate of drug-likeness (QED) is 0.865. The van der Waals surface area contributed by atoms with Crippen molar-refractivity contribution in [1.29, 1.82) is 5.26 Å². The summed E-state index contributed by atoms with van der Waals surface area (Å²) in [7, 11) is 0. The van der Waals surface area contributed by atoms with Crippen LogP contribution in [0.4, 0.5) is 0 Å². The molecular formula is C17H25N3. The predicted octanol–water partition coefficient (Wildman–Crippen LogP) is 2.96. The van der Waals surface area contributed by atoms with Gasteiger partial charge in [0.2, 0.25) is 0 Å². The van der Waals surface area contributed by atoms with Crippen molar-refractivity contribution in [3.8, 4) is 6.07 Å². The first kappa shape index (κ1) is 15.0. The molecule has 0 radical (unpaired) electrons. The summed E-state index contributed by atoms with van der Waals surface area (Å²) in [4.78, 5) is 0. The molecular weight excluding hydrogens is 246 g/mol. The van der Waals surface area contributed by atoms with E-state index in [9.17, 15) is 0 Å². The smallest absolute Gasteiger partial charge is 0.0991 e. The van der Waals surface area contributed by atoms with Gasteiger partial charge in [0, 0.05) is 18.6 Å². The van der Waals surface area contributed by atoms with E-state index in [1.807, 2.05) is 18.2 Å². The first-order chi connectivity index (χ1) is 9.78. The summed E-state index contributed by atoms with van der Waals surface area (Å²) < 4.78 is 0. The van der Waals surface area contributed by atoms with Crippen molar-refractivity contribution in [2.45, 2.75) is 57.7 Å².